The lowest BCUT2D eigenvalue weighted by Gasteiger charge is -2.19. The van der Waals surface area contributed by atoms with E-state index in [-0.39, 0.29) is 30.3 Å². The molecule has 3 heterocycles. The van der Waals surface area contributed by atoms with Crippen molar-refractivity contribution in [3.63, 3.8) is 0 Å². The van der Waals surface area contributed by atoms with E-state index >= 15 is 0 Å². The number of nitrogen functional groups attached to an aromatic ring is 2. The van der Waals surface area contributed by atoms with Crippen LogP contribution in [0.25, 0.3) is 11.2 Å². The van der Waals surface area contributed by atoms with Gasteiger partial charge in [-0.15, -0.1) is 0 Å². The Hall–Kier alpha value is -5.34. The van der Waals surface area contributed by atoms with Crippen molar-refractivity contribution in [2.24, 2.45) is 0 Å². The van der Waals surface area contributed by atoms with Crippen LogP contribution in [0.3, 0.4) is 0 Å². The maximum absolute atomic E-state index is 12.7. The summed E-state index contributed by atoms with van der Waals surface area (Å²) in [6, 6.07) is 5.32. The molecule has 1 amide bonds. The van der Waals surface area contributed by atoms with Gasteiger partial charge in [0.1, 0.15) is 12.6 Å². The van der Waals surface area contributed by atoms with Gasteiger partial charge in [-0.3, -0.25) is 9.59 Å². The molecule has 0 spiro atoms. The second kappa shape index (κ2) is 10.7. The Morgan fingerprint density at radius 3 is 2.47 bits per heavy atom. The molecular weight excluding hydrogens is 496 g/mol. The Morgan fingerprint density at radius 2 is 1.79 bits per heavy atom. The van der Waals surface area contributed by atoms with E-state index in [0.717, 1.165) is 5.69 Å². The van der Waals surface area contributed by atoms with E-state index in [2.05, 4.69) is 30.2 Å². The van der Waals surface area contributed by atoms with Crippen molar-refractivity contribution in [3.05, 3.63) is 59.9 Å². The van der Waals surface area contributed by atoms with Gasteiger partial charge in [-0.1, -0.05) is 0 Å². The molecule has 7 N–H and O–H groups in total. The number of anilines is 3. The molecule has 0 unspecified atom stereocenters. The predicted molar refractivity (Wildman–Crippen MR) is 135 cm³/mol. The number of nitrogens with one attached hydrogen (secondary N) is 1. The molecule has 0 aliphatic carbocycles. The Bertz CT molecular complexity index is 1500. The summed E-state index contributed by atoms with van der Waals surface area (Å²) in [7, 11) is 1.83. The highest BCUT2D eigenvalue weighted by Gasteiger charge is 2.22. The Labute approximate surface area is 215 Å². The number of carboxylic acid groups (broad SMARTS) is 2. The van der Waals surface area contributed by atoms with Crippen LogP contribution < -0.4 is 21.7 Å². The van der Waals surface area contributed by atoms with E-state index < -0.39 is 23.9 Å². The minimum Gasteiger partial charge on any atom is -0.480 e. The number of benzene rings is 1. The lowest BCUT2D eigenvalue weighted by Crippen LogP contribution is -2.42. The Morgan fingerprint density at radius 1 is 1.05 bits per heavy atom. The molecule has 196 valence electrons. The summed E-state index contributed by atoms with van der Waals surface area (Å²) in [6.45, 7) is 0.0663. The van der Waals surface area contributed by atoms with Crippen molar-refractivity contribution in [2.75, 3.05) is 23.4 Å². The number of amides is 1. The maximum Gasteiger partial charge on any atom is 0.326 e. The number of fused-ring (bicyclic) bond motifs is 1. The van der Waals surface area contributed by atoms with E-state index in [1.165, 1.54) is 17.1 Å². The molecule has 15 nitrogen and oxygen atoms in total. The van der Waals surface area contributed by atoms with Gasteiger partial charge in [0.2, 0.25) is 5.95 Å². The predicted octanol–water partition coefficient (Wildman–Crippen LogP) is -0.0726. The van der Waals surface area contributed by atoms with Crippen LogP contribution in [0.5, 0.6) is 0 Å². The number of imidazole rings is 1. The van der Waals surface area contributed by atoms with Crippen LogP contribution in [0.1, 0.15) is 21.7 Å². The van der Waals surface area contributed by atoms with Gasteiger partial charge < -0.3 is 36.5 Å². The van der Waals surface area contributed by atoms with E-state index in [4.69, 9.17) is 16.6 Å². The van der Waals surface area contributed by atoms with Gasteiger partial charge in [-0.25, -0.2) is 19.7 Å². The first-order chi connectivity index (χ1) is 18.1. The third-order valence-electron chi connectivity index (χ3n) is 5.49. The number of aliphatic carboxylic acids is 2. The largest absolute Gasteiger partial charge is 0.480 e. The quantitative estimate of drug-likeness (QED) is 0.185. The van der Waals surface area contributed by atoms with Crippen molar-refractivity contribution in [3.8, 4) is 0 Å². The van der Waals surface area contributed by atoms with Gasteiger partial charge in [0.25, 0.3) is 5.91 Å². The highest BCUT2D eigenvalue weighted by Crippen LogP contribution is 2.19. The van der Waals surface area contributed by atoms with Gasteiger partial charge >= 0.3 is 11.9 Å². The number of hydrogen-bond donors (Lipinski definition) is 5. The van der Waals surface area contributed by atoms with E-state index in [9.17, 15) is 19.5 Å². The topological polar surface area (TPSA) is 228 Å². The van der Waals surface area contributed by atoms with Crippen LogP contribution in [0.2, 0.25) is 0 Å². The number of carbonyl (C=O) groups excluding carboxylic acids is 1. The third kappa shape index (κ3) is 6.07. The fourth-order valence-electron chi connectivity index (χ4n) is 3.67. The number of carbonyl (C=O) groups is 3. The van der Waals surface area contributed by atoms with Crippen molar-refractivity contribution >= 4 is 46.5 Å². The zero-order valence-corrected chi connectivity index (χ0v) is 20.1. The van der Waals surface area contributed by atoms with Crippen molar-refractivity contribution < 1.29 is 24.6 Å². The van der Waals surface area contributed by atoms with Crippen LogP contribution in [0.4, 0.5) is 17.5 Å². The average Bonchev–Trinajstić information content (AvgIpc) is 3.29. The van der Waals surface area contributed by atoms with Gasteiger partial charge in [0, 0.05) is 30.9 Å². The second-order valence-electron chi connectivity index (χ2n) is 8.40. The van der Waals surface area contributed by atoms with Gasteiger partial charge in [-0.2, -0.15) is 9.97 Å². The summed E-state index contributed by atoms with van der Waals surface area (Å²) >= 11 is 0. The zero-order chi connectivity index (χ0) is 27.4. The fourth-order valence-corrected chi connectivity index (χ4v) is 3.67. The first kappa shape index (κ1) is 25.7. The number of carboxylic acids is 2. The number of hydrogen-bond acceptors (Lipinski definition) is 11. The van der Waals surface area contributed by atoms with Gasteiger partial charge in [-0.05, 0) is 24.3 Å². The lowest BCUT2D eigenvalue weighted by atomic mass is 10.1. The summed E-state index contributed by atoms with van der Waals surface area (Å²) in [5.41, 5.74) is 14.1. The molecule has 4 aromatic rings. The highest BCUT2D eigenvalue weighted by atomic mass is 16.4. The summed E-state index contributed by atoms with van der Waals surface area (Å²) in [6.07, 6.45) is 4.17. The number of aromatic nitrogens is 6. The Kier molecular flexibility index (Phi) is 7.27. The van der Waals surface area contributed by atoms with Gasteiger partial charge in [0.15, 0.2) is 17.0 Å². The Balaban J connectivity index is 1.40. The molecule has 0 radical (unpaired) electrons. The minimum atomic E-state index is -1.25. The molecule has 1 atom stereocenters. The molecule has 0 fully saturated rings. The number of nitrogens with two attached hydrogens (primary N) is 2. The second-order valence-corrected chi connectivity index (χ2v) is 8.40. The third-order valence-corrected chi connectivity index (χ3v) is 5.49. The molecule has 4 rings (SSSR count). The highest BCUT2D eigenvalue weighted by molar-refractivity contribution is 5.97. The van der Waals surface area contributed by atoms with E-state index in [1.54, 1.807) is 30.5 Å². The molecule has 0 bridgehead atoms. The zero-order valence-electron chi connectivity index (χ0n) is 20.1. The fraction of sp³-hybridized carbons (Fsp3) is 0.217. The molecule has 0 saturated heterocycles. The summed E-state index contributed by atoms with van der Waals surface area (Å²) in [5, 5.41) is 20.9. The van der Waals surface area contributed by atoms with Crippen LogP contribution >= 0.6 is 0 Å². The van der Waals surface area contributed by atoms with Crippen molar-refractivity contribution in [2.45, 2.75) is 25.6 Å². The molecule has 3 aromatic heterocycles. The smallest absolute Gasteiger partial charge is 0.326 e. The average molecular weight is 521 g/mol. The monoisotopic (exact) mass is 520 g/mol. The molecule has 0 aliphatic heterocycles. The molecule has 0 saturated carbocycles. The van der Waals surface area contributed by atoms with E-state index in [1.807, 2.05) is 11.9 Å². The summed E-state index contributed by atoms with van der Waals surface area (Å²) < 4.78 is 1.32. The SMILES string of the molecule is CN(Cc1cnc2nc(N)nc(N)c2n1)c1ccc(C(=O)N[C@@H](Cc2cn(CC(=O)O)cn2)C(=O)O)cc1. The van der Waals surface area contributed by atoms with E-state index in [0.29, 0.717) is 29.1 Å². The molecule has 15 heteroatoms. The van der Waals surface area contributed by atoms with Crippen LogP contribution in [0, 0.1) is 0 Å². The molecular formula is C23H24N10O5. The standard InChI is InChI=1S/C23H24N10O5/c1-32(8-14-7-26-20-18(28-14)19(24)30-23(25)31-20)15-4-2-12(3-5-15)21(36)29-16(22(37)38)6-13-9-33(11-27-13)10-17(34)35/h2-5,7,9,11,16H,6,8,10H2,1H3,(H,29,36)(H,34,35)(H,37,38)(H4,24,25,26,30,31)/t16-/m0/s1. The van der Waals surface area contributed by atoms with Crippen LogP contribution in [0.15, 0.2) is 43.0 Å². The molecule has 38 heavy (non-hydrogen) atoms. The first-order valence-corrected chi connectivity index (χ1v) is 11.2. The maximum atomic E-state index is 12.7. The van der Waals surface area contributed by atoms with Crippen LogP contribution in [-0.4, -0.2) is 70.6 Å². The van der Waals surface area contributed by atoms with Crippen molar-refractivity contribution in [1.82, 2.24) is 34.8 Å². The first-order valence-electron chi connectivity index (χ1n) is 11.2. The van der Waals surface area contributed by atoms with Crippen molar-refractivity contribution in [1.29, 1.82) is 0 Å². The normalized spacial score (nSPS) is 11.7. The van der Waals surface area contributed by atoms with Crippen LogP contribution in [-0.2, 0) is 29.1 Å². The summed E-state index contributed by atoms with van der Waals surface area (Å²) in [4.78, 5) is 57.7. The van der Waals surface area contributed by atoms with Gasteiger partial charge in [0.05, 0.1) is 30.5 Å². The minimum absolute atomic E-state index is 0.0134. The molecule has 1 aromatic carbocycles. The number of nitrogens with zero attached hydrogens (tertiary/aromatic N) is 7. The molecule has 0 aliphatic rings. The summed E-state index contributed by atoms with van der Waals surface area (Å²) in [5.74, 6) is -2.73. The lowest BCUT2D eigenvalue weighted by molar-refractivity contribution is -0.139. The number of rotatable bonds is 10.